The summed E-state index contributed by atoms with van der Waals surface area (Å²) in [5, 5.41) is 0. The van der Waals surface area contributed by atoms with Crippen molar-refractivity contribution in [1.29, 1.82) is 0 Å². The quantitative estimate of drug-likeness (QED) is 0.793. The molecule has 1 atom stereocenters. The van der Waals surface area contributed by atoms with Crippen molar-refractivity contribution in [3.63, 3.8) is 0 Å². The van der Waals surface area contributed by atoms with E-state index in [1.807, 2.05) is 4.90 Å². The first kappa shape index (κ1) is 13.8. The van der Waals surface area contributed by atoms with Crippen LogP contribution >= 0.6 is 0 Å². The van der Waals surface area contributed by atoms with E-state index in [1.165, 1.54) is 0 Å². The van der Waals surface area contributed by atoms with Crippen molar-refractivity contribution in [2.75, 3.05) is 40.0 Å². The van der Waals surface area contributed by atoms with Crippen molar-refractivity contribution >= 4 is 5.91 Å². The summed E-state index contributed by atoms with van der Waals surface area (Å²) in [4.78, 5) is 14.5. The summed E-state index contributed by atoms with van der Waals surface area (Å²) in [6.07, 6.45) is 3.46. The van der Waals surface area contributed by atoms with Crippen molar-refractivity contribution < 1.29 is 14.3 Å². The maximum absolute atomic E-state index is 12.5. The fraction of sp³-hybridized carbons (Fsp3) is 0.923. The van der Waals surface area contributed by atoms with Crippen LogP contribution in [0.1, 0.15) is 25.7 Å². The molecule has 2 rings (SSSR count). The van der Waals surface area contributed by atoms with Crippen LogP contribution in [-0.2, 0) is 14.3 Å². The van der Waals surface area contributed by atoms with Crippen LogP contribution in [0.15, 0.2) is 0 Å². The summed E-state index contributed by atoms with van der Waals surface area (Å²) in [5.41, 5.74) is 5.55. The number of methoxy groups -OCH3 is 1. The first-order valence-electron chi connectivity index (χ1n) is 6.80. The highest BCUT2D eigenvalue weighted by Gasteiger charge is 2.40. The topological polar surface area (TPSA) is 64.8 Å². The van der Waals surface area contributed by atoms with Gasteiger partial charge in [-0.15, -0.1) is 0 Å². The van der Waals surface area contributed by atoms with Gasteiger partial charge in [-0.25, -0.2) is 0 Å². The van der Waals surface area contributed by atoms with Gasteiger partial charge in [0, 0.05) is 33.4 Å². The van der Waals surface area contributed by atoms with Crippen LogP contribution in [0.25, 0.3) is 0 Å². The highest BCUT2D eigenvalue weighted by atomic mass is 16.5. The average molecular weight is 256 g/mol. The molecular weight excluding hydrogens is 232 g/mol. The number of piperidine rings is 1. The molecule has 104 valence electrons. The Morgan fingerprint density at radius 2 is 2.22 bits per heavy atom. The average Bonchev–Trinajstić information content (AvgIpc) is 2.39. The third kappa shape index (κ3) is 3.02. The summed E-state index contributed by atoms with van der Waals surface area (Å²) in [6.45, 7) is 3.53. The van der Waals surface area contributed by atoms with Crippen molar-refractivity contribution in [3.05, 3.63) is 0 Å². The van der Waals surface area contributed by atoms with Crippen molar-refractivity contribution in [1.82, 2.24) is 4.90 Å². The molecule has 2 aliphatic heterocycles. The molecule has 2 heterocycles. The lowest BCUT2D eigenvalue weighted by atomic mass is 9.88. The van der Waals surface area contributed by atoms with E-state index in [1.54, 1.807) is 7.11 Å². The number of amides is 1. The number of rotatable bonds is 3. The maximum Gasteiger partial charge on any atom is 0.242 e. The zero-order chi connectivity index (χ0) is 13.0. The predicted molar refractivity (Wildman–Crippen MR) is 68.2 cm³/mol. The molecule has 0 aliphatic carbocycles. The van der Waals surface area contributed by atoms with Gasteiger partial charge in [0.2, 0.25) is 5.91 Å². The van der Waals surface area contributed by atoms with E-state index < -0.39 is 5.54 Å². The summed E-state index contributed by atoms with van der Waals surface area (Å²) in [7, 11) is 1.71. The number of likely N-dealkylation sites (tertiary alicyclic amines) is 1. The maximum atomic E-state index is 12.5. The van der Waals surface area contributed by atoms with Gasteiger partial charge in [-0.3, -0.25) is 4.79 Å². The van der Waals surface area contributed by atoms with Gasteiger partial charge in [-0.2, -0.15) is 0 Å². The number of hydrogen-bond acceptors (Lipinski definition) is 4. The summed E-state index contributed by atoms with van der Waals surface area (Å²) in [5.74, 6) is 0.558. The van der Waals surface area contributed by atoms with Crippen LogP contribution in [0, 0.1) is 5.92 Å². The standard InChI is InChI=1S/C13H24N2O3/c1-17-10-11-3-2-6-15(9-11)12(16)13(14)4-7-18-8-5-13/h11H,2-10,14H2,1H3. The van der Waals surface area contributed by atoms with E-state index in [9.17, 15) is 4.79 Å². The first-order valence-corrected chi connectivity index (χ1v) is 6.80. The second kappa shape index (κ2) is 5.99. The molecule has 0 aromatic rings. The van der Waals surface area contributed by atoms with Crippen LogP contribution in [0.3, 0.4) is 0 Å². The van der Waals surface area contributed by atoms with E-state index in [0.717, 1.165) is 32.5 Å². The van der Waals surface area contributed by atoms with Gasteiger partial charge in [-0.05, 0) is 31.6 Å². The van der Waals surface area contributed by atoms with Gasteiger partial charge in [0.05, 0.1) is 12.1 Å². The second-order valence-electron chi connectivity index (χ2n) is 5.48. The van der Waals surface area contributed by atoms with Crippen LogP contribution < -0.4 is 5.73 Å². The Bertz CT molecular complexity index is 288. The van der Waals surface area contributed by atoms with Crippen LogP contribution in [-0.4, -0.2) is 56.4 Å². The molecule has 1 unspecified atom stereocenters. The Balaban J connectivity index is 1.95. The molecule has 0 aromatic heterocycles. The van der Waals surface area contributed by atoms with E-state index in [0.29, 0.717) is 32.0 Å². The Morgan fingerprint density at radius 1 is 1.50 bits per heavy atom. The highest BCUT2D eigenvalue weighted by molar-refractivity contribution is 5.86. The third-order valence-corrected chi connectivity index (χ3v) is 4.02. The Labute approximate surface area is 109 Å². The molecule has 0 saturated carbocycles. The fourth-order valence-corrected chi connectivity index (χ4v) is 2.89. The van der Waals surface area contributed by atoms with Gasteiger partial charge in [0.25, 0.3) is 0 Å². The van der Waals surface area contributed by atoms with E-state index in [4.69, 9.17) is 15.2 Å². The monoisotopic (exact) mass is 256 g/mol. The molecule has 0 aromatic carbocycles. The lowest BCUT2D eigenvalue weighted by Gasteiger charge is -2.40. The number of hydrogen-bond donors (Lipinski definition) is 1. The lowest BCUT2D eigenvalue weighted by molar-refractivity contribution is -0.142. The van der Waals surface area contributed by atoms with Crippen LogP contribution in [0.4, 0.5) is 0 Å². The predicted octanol–water partition coefficient (Wildman–Crippen LogP) is 0.379. The van der Waals surface area contributed by atoms with Gasteiger partial charge < -0.3 is 20.1 Å². The van der Waals surface area contributed by atoms with E-state index in [-0.39, 0.29) is 5.91 Å². The van der Waals surface area contributed by atoms with Gasteiger partial charge in [0.1, 0.15) is 0 Å². The molecule has 0 bridgehead atoms. The summed E-state index contributed by atoms with van der Waals surface area (Å²) >= 11 is 0. The molecule has 2 saturated heterocycles. The molecule has 5 heteroatoms. The number of carbonyl (C=O) groups excluding carboxylic acids is 1. The highest BCUT2D eigenvalue weighted by Crippen LogP contribution is 2.24. The minimum Gasteiger partial charge on any atom is -0.384 e. The zero-order valence-corrected chi connectivity index (χ0v) is 11.2. The van der Waals surface area contributed by atoms with Crippen LogP contribution in [0.2, 0.25) is 0 Å². The zero-order valence-electron chi connectivity index (χ0n) is 11.2. The molecule has 2 fully saturated rings. The molecular formula is C13H24N2O3. The molecule has 2 aliphatic rings. The van der Waals surface area contributed by atoms with Gasteiger partial charge in [-0.1, -0.05) is 0 Å². The van der Waals surface area contributed by atoms with E-state index in [2.05, 4.69) is 0 Å². The lowest BCUT2D eigenvalue weighted by Crippen LogP contribution is -2.59. The normalized spacial score (nSPS) is 28.1. The summed E-state index contributed by atoms with van der Waals surface area (Å²) in [6, 6.07) is 0. The number of ether oxygens (including phenoxy) is 2. The molecule has 0 radical (unpaired) electrons. The minimum atomic E-state index is -0.701. The largest absolute Gasteiger partial charge is 0.384 e. The molecule has 1 amide bonds. The Kier molecular flexibility index (Phi) is 4.59. The second-order valence-corrected chi connectivity index (χ2v) is 5.48. The molecule has 5 nitrogen and oxygen atoms in total. The van der Waals surface area contributed by atoms with Crippen molar-refractivity contribution in [2.45, 2.75) is 31.2 Å². The molecule has 0 spiro atoms. The van der Waals surface area contributed by atoms with Gasteiger partial charge >= 0.3 is 0 Å². The minimum absolute atomic E-state index is 0.103. The number of nitrogens with two attached hydrogens (primary N) is 1. The smallest absolute Gasteiger partial charge is 0.242 e. The van der Waals surface area contributed by atoms with E-state index >= 15 is 0 Å². The number of carbonyl (C=O) groups is 1. The number of nitrogens with zero attached hydrogens (tertiary/aromatic N) is 1. The SMILES string of the molecule is COCC1CCCN(C(=O)C2(N)CCOCC2)C1. The van der Waals surface area contributed by atoms with Crippen molar-refractivity contribution in [2.24, 2.45) is 11.7 Å². The summed E-state index contributed by atoms with van der Waals surface area (Å²) < 4.78 is 10.5. The first-order chi connectivity index (χ1) is 8.65. The van der Waals surface area contributed by atoms with Gasteiger partial charge in [0.15, 0.2) is 0 Å². The Hall–Kier alpha value is -0.650. The molecule has 2 N–H and O–H groups in total. The Morgan fingerprint density at radius 3 is 2.89 bits per heavy atom. The third-order valence-electron chi connectivity index (χ3n) is 4.02. The van der Waals surface area contributed by atoms with Crippen molar-refractivity contribution in [3.8, 4) is 0 Å². The molecule has 18 heavy (non-hydrogen) atoms. The van der Waals surface area contributed by atoms with Crippen LogP contribution in [0.5, 0.6) is 0 Å². The fourth-order valence-electron chi connectivity index (χ4n) is 2.89.